The van der Waals surface area contributed by atoms with Crippen molar-refractivity contribution in [1.29, 1.82) is 0 Å². The van der Waals surface area contributed by atoms with E-state index in [-0.39, 0.29) is 5.78 Å². The van der Waals surface area contributed by atoms with Gasteiger partial charge >= 0.3 is 0 Å². The van der Waals surface area contributed by atoms with E-state index in [9.17, 15) is 4.79 Å². The Morgan fingerprint density at radius 3 is 2.87 bits per heavy atom. The average molecular weight is 482 g/mol. The van der Waals surface area contributed by atoms with Crippen LogP contribution in [0.5, 0.6) is 0 Å². The average Bonchev–Trinajstić information content (AvgIpc) is 3.29. The molecule has 0 bridgehead atoms. The maximum absolute atomic E-state index is 13.3. The van der Waals surface area contributed by atoms with E-state index in [0.717, 1.165) is 34.5 Å². The third-order valence-corrected chi connectivity index (χ3v) is 6.80. The number of nitrogens with zero attached hydrogens (tertiary/aromatic N) is 4. The molecular weight excluding hydrogens is 454 g/mol. The summed E-state index contributed by atoms with van der Waals surface area (Å²) >= 11 is 3.50. The fourth-order valence-electron chi connectivity index (χ4n) is 4.55. The van der Waals surface area contributed by atoms with Crippen molar-refractivity contribution in [3.05, 3.63) is 69.8 Å². The molecule has 0 radical (unpaired) electrons. The first-order valence-corrected chi connectivity index (χ1v) is 11.6. The summed E-state index contributed by atoms with van der Waals surface area (Å²) in [6.45, 7) is 7.12. The van der Waals surface area contributed by atoms with Crippen LogP contribution >= 0.6 is 15.9 Å². The minimum absolute atomic E-state index is 0.155. The van der Waals surface area contributed by atoms with Crippen molar-refractivity contribution in [3.8, 4) is 0 Å². The Morgan fingerprint density at radius 1 is 1.29 bits per heavy atom. The highest BCUT2D eigenvalue weighted by atomic mass is 79.9. The Morgan fingerprint density at radius 2 is 2.13 bits per heavy atom. The summed E-state index contributed by atoms with van der Waals surface area (Å²) in [6.07, 6.45) is 6.47. The number of rotatable bonds is 7. The first kappa shape index (κ1) is 21.7. The normalized spacial score (nSPS) is 20.7. The van der Waals surface area contributed by atoms with Crippen molar-refractivity contribution >= 4 is 27.5 Å². The molecule has 1 aliphatic rings. The molecule has 1 fully saturated rings. The maximum atomic E-state index is 13.3. The number of carbonyl (C=O) groups excluding carboxylic acids is 1. The summed E-state index contributed by atoms with van der Waals surface area (Å²) in [4.78, 5) is 21.8. The highest BCUT2D eigenvalue weighted by Crippen LogP contribution is 2.35. The van der Waals surface area contributed by atoms with Crippen LogP contribution in [-0.2, 0) is 6.54 Å². The monoisotopic (exact) mass is 481 g/mol. The lowest BCUT2D eigenvalue weighted by atomic mass is 9.96. The SMILES string of the molecule is CC[C@@H]1C[C@@H](Nc2ncncc2C(=O)c2cc(C)n(Cc3cccc(Br)c3)n2)C[C@@H]1C. The van der Waals surface area contributed by atoms with Gasteiger partial charge in [-0.05, 0) is 55.4 Å². The molecule has 6 nitrogen and oxygen atoms in total. The predicted molar refractivity (Wildman–Crippen MR) is 125 cm³/mol. The summed E-state index contributed by atoms with van der Waals surface area (Å²) in [5, 5.41) is 8.10. The van der Waals surface area contributed by atoms with Gasteiger partial charge in [0.25, 0.3) is 0 Å². The van der Waals surface area contributed by atoms with E-state index < -0.39 is 0 Å². The number of nitrogens with one attached hydrogen (secondary N) is 1. The predicted octanol–water partition coefficient (Wildman–Crippen LogP) is 5.26. The molecule has 31 heavy (non-hydrogen) atoms. The van der Waals surface area contributed by atoms with Crippen molar-refractivity contribution in [2.45, 2.75) is 52.6 Å². The number of halogens is 1. The van der Waals surface area contributed by atoms with Gasteiger partial charge in [-0.1, -0.05) is 48.3 Å². The number of aryl methyl sites for hydroxylation is 1. The first-order valence-electron chi connectivity index (χ1n) is 10.8. The molecule has 0 unspecified atom stereocenters. The summed E-state index contributed by atoms with van der Waals surface area (Å²) < 4.78 is 2.88. The second-order valence-corrected chi connectivity index (χ2v) is 9.45. The van der Waals surface area contributed by atoms with Crippen molar-refractivity contribution < 1.29 is 4.79 Å². The Kier molecular flexibility index (Phi) is 6.51. The molecule has 1 aliphatic carbocycles. The van der Waals surface area contributed by atoms with Crippen molar-refractivity contribution in [2.24, 2.45) is 11.8 Å². The molecule has 162 valence electrons. The number of hydrogen-bond donors (Lipinski definition) is 1. The Bertz CT molecular complexity index is 1080. The molecule has 3 aromatic rings. The lowest BCUT2D eigenvalue weighted by Crippen LogP contribution is -2.20. The second kappa shape index (κ2) is 9.30. The quantitative estimate of drug-likeness (QED) is 0.465. The van der Waals surface area contributed by atoms with Crippen LogP contribution in [-0.4, -0.2) is 31.6 Å². The van der Waals surface area contributed by atoms with Gasteiger partial charge in [-0.2, -0.15) is 5.10 Å². The number of benzene rings is 1. The zero-order valence-corrected chi connectivity index (χ0v) is 19.8. The van der Waals surface area contributed by atoms with Crippen LogP contribution in [0.15, 0.2) is 47.3 Å². The number of ketones is 1. The summed E-state index contributed by atoms with van der Waals surface area (Å²) in [7, 11) is 0. The van der Waals surface area contributed by atoms with Crippen LogP contribution in [0.3, 0.4) is 0 Å². The van der Waals surface area contributed by atoms with E-state index in [4.69, 9.17) is 0 Å². The Balaban J connectivity index is 1.54. The van der Waals surface area contributed by atoms with Gasteiger partial charge in [0.1, 0.15) is 17.8 Å². The van der Waals surface area contributed by atoms with Crippen LogP contribution in [0.4, 0.5) is 5.82 Å². The van der Waals surface area contributed by atoms with Gasteiger partial charge in [0.15, 0.2) is 0 Å². The molecule has 2 aromatic heterocycles. The third kappa shape index (κ3) is 4.87. The maximum Gasteiger partial charge on any atom is 0.218 e. The van der Waals surface area contributed by atoms with E-state index in [1.165, 1.54) is 12.7 Å². The van der Waals surface area contributed by atoms with Crippen molar-refractivity contribution in [3.63, 3.8) is 0 Å². The summed E-state index contributed by atoms with van der Waals surface area (Å²) in [6, 6.07) is 10.3. The van der Waals surface area contributed by atoms with Crippen LogP contribution in [0.25, 0.3) is 0 Å². The lowest BCUT2D eigenvalue weighted by molar-refractivity contribution is 0.103. The van der Waals surface area contributed by atoms with E-state index in [1.54, 1.807) is 6.20 Å². The molecule has 2 heterocycles. The van der Waals surface area contributed by atoms with Crippen LogP contribution in [0.1, 0.15) is 60.4 Å². The number of hydrogen-bond acceptors (Lipinski definition) is 5. The Labute approximate surface area is 191 Å². The molecule has 0 aliphatic heterocycles. The molecule has 0 amide bonds. The summed E-state index contributed by atoms with van der Waals surface area (Å²) in [5.74, 6) is 1.85. The van der Waals surface area contributed by atoms with E-state index in [2.05, 4.69) is 56.2 Å². The molecule has 1 aromatic carbocycles. The highest BCUT2D eigenvalue weighted by Gasteiger charge is 2.31. The fraction of sp³-hybridized carbons (Fsp3) is 0.417. The lowest BCUT2D eigenvalue weighted by Gasteiger charge is -2.15. The minimum atomic E-state index is -0.155. The molecule has 3 atom stereocenters. The standard InChI is InChI=1S/C24H28BrN5O/c1-4-18-11-20(8-15(18)2)28-24-21(12-26-14-27-24)23(31)22-9-16(3)30(29-22)13-17-6-5-7-19(25)10-17/h5-7,9-10,12,14-15,18,20H,4,8,11,13H2,1-3H3,(H,26,27,28)/t15-,18+,20-/m0/s1. The number of carbonyl (C=O) groups is 1. The highest BCUT2D eigenvalue weighted by molar-refractivity contribution is 9.10. The topological polar surface area (TPSA) is 72.7 Å². The van der Waals surface area contributed by atoms with Gasteiger partial charge in [0.05, 0.1) is 12.1 Å². The van der Waals surface area contributed by atoms with Gasteiger partial charge in [-0.15, -0.1) is 0 Å². The second-order valence-electron chi connectivity index (χ2n) is 8.53. The van der Waals surface area contributed by atoms with Crippen LogP contribution in [0, 0.1) is 18.8 Å². The van der Waals surface area contributed by atoms with Gasteiger partial charge < -0.3 is 5.32 Å². The van der Waals surface area contributed by atoms with E-state index >= 15 is 0 Å². The third-order valence-electron chi connectivity index (χ3n) is 6.31. The summed E-state index contributed by atoms with van der Waals surface area (Å²) in [5.41, 5.74) is 2.94. The smallest absolute Gasteiger partial charge is 0.218 e. The van der Waals surface area contributed by atoms with E-state index in [0.29, 0.717) is 35.6 Å². The first-order chi connectivity index (χ1) is 14.9. The van der Waals surface area contributed by atoms with Gasteiger partial charge in [0.2, 0.25) is 5.78 Å². The van der Waals surface area contributed by atoms with Crippen LogP contribution < -0.4 is 5.32 Å². The fourth-order valence-corrected chi connectivity index (χ4v) is 5.00. The molecule has 0 saturated heterocycles. The molecular formula is C24H28BrN5O. The van der Waals surface area contributed by atoms with Crippen LogP contribution in [0.2, 0.25) is 0 Å². The van der Waals surface area contributed by atoms with Crippen molar-refractivity contribution in [2.75, 3.05) is 5.32 Å². The molecule has 0 spiro atoms. The molecule has 1 saturated carbocycles. The van der Waals surface area contributed by atoms with Crippen molar-refractivity contribution in [1.82, 2.24) is 19.7 Å². The number of anilines is 1. The molecule has 1 N–H and O–H groups in total. The number of aromatic nitrogens is 4. The minimum Gasteiger partial charge on any atom is -0.367 e. The molecule has 4 rings (SSSR count). The Hall–Kier alpha value is -2.54. The van der Waals surface area contributed by atoms with Gasteiger partial charge in [-0.3, -0.25) is 9.48 Å². The zero-order chi connectivity index (χ0) is 22.0. The molecule has 7 heteroatoms. The van der Waals surface area contributed by atoms with E-state index in [1.807, 2.05) is 35.9 Å². The largest absolute Gasteiger partial charge is 0.367 e. The zero-order valence-electron chi connectivity index (χ0n) is 18.2. The van der Waals surface area contributed by atoms with Gasteiger partial charge in [0, 0.05) is 22.4 Å². The van der Waals surface area contributed by atoms with Gasteiger partial charge in [-0.25, -0.2) is 9.97 Å².